The first-order valence-corrected chi connectivity index (χ1v) is 7.82. The molecule has 0 aromatic heterocycles. The number of ether oxygens (including phenoxy) is 1. The van der Waals surface area contributed by atoms with Crippen molar-refractivity contribution in [1.82, 2.24) is 0 Å². The van der Waals surface area contributed by atoms with Gasteiger partial charge in [0.05, 0.1) is 13.0 Å². The molecule has 0 amide bonds. The molecule has 2 aromatic carbocycles. The SMILES string of the molecule is C#C[C@@H](c1ccccc1C)[C@@H](CC)C(=O)c1ccc(OC)cc1. The Balaban J connectivity index is 2.34. The lowest BCUT2D eigenvalue weighted by atomic mass is 9.79. The average Bonchev–Trinajstić information content (AvgIpc) is 2.60. The van der Waals surface area contributed by atoms with E-state index in [-0.39, 0.29) is 17.6 Å². The van der Waals surface area contributed by atoms with Gasteiger partial charge in [-0.3, -0.25) is 4.79 Å². The van der Waals surface area contributed by atoms with Gasteiger partial charge in [0.15, 0.2) is 5.78 Å². The topological polar surface area (TPSA) is 26.3 Å². The highest BCUT2D eigenvalue weighted by Crippen LogP contribution is 2.31. The monoisotopic (exact) mass is 306 g/mol. The second kappa shape index (κ2) is 7.65. The summed E-state index contributed by atoms with van der Waals surface area (Å²) in [5.74, 6) is 3.22. The van der Waals surface area contributed by atoms with Crippen LogP contribution in [0, 0.1) is 25.2 Å². The minimum absolute atomic E-state index is 0.0846. The van der Waals surface area contributed by atoms with Gasteiger partial charge in [0.25, 0.3) is 0 Å². The number of carbonyl (C=O) groups is 1. The lowest BCUT2D eigenvalue weighted by molar-refractivity contribution is 0.0908. The van der Waals surface area contributed by atoms with E-state index in [4.69, 9.17) is 11.2 Å². The number of aryl methyl sites for hydroxylation is 1. The number of hydrogen-bond acceptors (Lipinski definition) is 2. The zero-order valence-electron chi connectivity index (χ0n) is 13.9. The highest BCUT2D eigenvalue weighted by molar-refractivity contribution is 5.98. The standard InChI is InChI=1S/C21H22O2/c1-5-18(20-10-8-7-9-15(20)3)19(6-2)21(22)16-11-13-17(23-4)14-12-16/h1,7-14,18-19H,6H2,2-4H3/t18-,19-/m1/s1. The molecule has 2 atom stereocenters. The molecule has 2 nitrogen and oxygen atoms in total. The van der Waals surface area contributed by atoms with Crippen molar-refractivity contribution in [3.63, 3.8) is 0 Å². The van der Waals surface area contributed by atoms with E-state index < -0.39 is 0 Å². The third-order valence-corrected chi connectivity index (χ3v) is 4.26. The first kappa shape index (κ1) is 16.8. The van der Waals surface area contributed by atoms with Crippen molar-refractivity contribution in [2.24, 2.45) is 5.92 Å². The fraction of sp³-hybridized carbons (Fsp3) is 0.286. The van der Waals surface area contributed by atoms with Crippen LogP contribution in [0.3, 0.4) is 0 Å². The zero-order valence-corrected chi connectivity index (χ0v) is 13.9. The number of methoxy groups -OCH3 is 1. The summed E-state index contributed by atoms with van der Waals surface area (Å²) in [4.78, 5) is 12.9. The normalized spacial score (nSPS) is 13.0. The lowest BCUT2D eigenvalue weighted by Crippen LogP contribution is -2.22. The van der Waals surface area contributed by atoms with Crippen molar-refractivity contribution in [1.29, 1.82) is 0 Å². The maximum atomic E-state index is 12.9. The highest BCUT2D eigenvalue weighted by atomic mass is 16.5. The Kier molecular flexibility index (Phi) is 5.60. The van der Waals surface area contributed by atoms with Crippen LogP contribution in [0.5, 0.6) is 5.75 Å². The van der Waals surface area contributed by atoms with Crippen LogP contribution in [0.2, 0.25) is 0 Å². The maximum Gasteiger partial charge on any atom is 0.167 e. The Morgan fingerprint density at radius 1 is 1.17 bits per heavy atom. The van der Waals surface area contributed by atoms with Crippen molar-refractivity contribution >= 4 is 5.78 Å². The van der Waals surface area contributed by atoms with E-state index in [0.29, 0.717) is 12.0 Å². The summed E-state index contributed by atoms with van der Waals surface area (Å²) < 4.78 is 5.15. The molecule has 0 radical (unpaired) electrons. The molecular formula is C21H22O2. The van der Waals surface area contributed by atoms with Gasteiger partial charge in [0.2, 0.25) is 0 Å². The number of benzene rings is 2. The number of rotatable bonds is 6. The molecular weight excluding hydrogens is 284 g/mol. The largest absolute Gasteiger partial charge is 0.497 e. The fourth-order valence-corrected chi connectivity index (χ4v) is 2.90. The van der Waals surface area contributed by atoms with Crippen molar-refractivity contribution in [2.75, 3.05) is 7.11 Å². The van der Waals surface area contributed by atoms with Crippen LogP contribution >= 0.6 is 0 Å². The van der Waals surface area contributed by atoms with E-state index in [1.165, 1.54) is 0 Å². The predicted octanol–water partition coefficient (Wildman–Crippen LogP) is 4.63. The molecule has 23 heavy (non-hydrogen) atoms. The van der Waals surface area contributed by atoms with E-state index in [0.717, 1.165) is 16.9 Å². The molecule has 0 bridgehead atoms. The van der Waals surface area contributed by atoms with E-state index in [1.807, 2.05) is 38.1 Å². The molecule has 0 spiro atoms. The van der Waals surface area contributed by atoms with Gasteiger partial charge >= 0.3 is 0 Å². The van der Waals surface area contributed by atoms with Gasteiger partial charge in [-0.25, -0.2) is 0 Å². The Morgan fingerprint density at radius 2 is 1.83 bits per heavy atom. The van der Waals surface area contributed by atoms with Crippen molar-refractivity contribution in [2.45, 2.75) is 26.2 Å². The van der Waals surface area contributed by atoms with Crippen LogP contribution in [0.1, 0.15) is 40.7 Å². The van der Waals surface area contributed by atoms with Crippen molar-refractivity contribution in [3.8, 4) is 18.1 Å². The van der Waals surface area contributed by atoms with Crippen LogP contribution in [-0.2, 0) is 0 Å². The van der Waals surface area contributed by atoms with E-state index in [1.54, 1.807) is 31.4 Å². The summed E-state index contributed by atoms with van der Waals surface area (Å²) in [6, 6.07) is 15.2. The zero-order chi connectivity index (χ0) is 16.8. The van der Waals surface area contributed by atoms with Gasteiger partial charge in [0.1, 0.15) is 5.75 Å². The molecule has 0 fully saturated rings. The maximum absolute atomic E-state index is 12.9. The summed E-state index contributed by atoms with van der Waals surface area (Å²) >= 11 is 0. The molecule has 0 aliphatic heterocycles. The highest BCUT2D eigenvalue weighted by Gasteiger charge is 2.28. The fourth-order valence-electron chi connectivity index (χ4n) is 2.90. The van der Waals surface area contributed by atoms with Gasteiger partial charge in [-0.05, 0) is 48.7 Å². The molecule has 0 saturated carbocycles. The van der Waals surface area contributed by atoms with Crippen LogP contribution in [-0.4, -0.2) is 12.9 Å². The Hall–Kier alpha value is -2.53. The van der Waals surface area contributed by atoms with Crippen LogP contribution in [0.4, 0.5) is 0 Å². The summed E-state index contributed by atoms with van der Waals surface area (Å²) in [7, 11) is 1.61. The third-order valence-electron chi connectivity index (χ3n) is 4.26. The second-order valence-electron chi connectivity index (χ2n) is 5.61. The number of terminal acetylenes is 1. The summed E-state index contributed by atoms with van der Waals surface area (Å²) in [6.45, 7) is 4.04. The number of ketones is 1. The number of carbonyl (C=O) groups excluding carboxylic acids is 1. The Bertz CT molecular complexity index is 707. The summed E-state index contributed by atoms with van der Waals surface area (Å²) in [5.41, 5.74) is 2.85. The van der Waals surface area contributed by atoms with Gasteiger partial charge in [0, 0.05) is 11.5 Å². The molecule has 2 rings (SSSR count). The Labute approximate surface area is 138 Å². The summed E-state index contributed by atoms with van der Waals surface area (Å²) in [6.07, 6.45) is 6.49. The van der Waals surface area contributed by atoms with Crippen LogP contribution in [0.15, 0.2) is 48.5 Å². The first-order chi connectivity index (χ1) is 11.1. The molecule has 2 heteroatoms. The van der Waals surface area contributed by atoms with E-state index >= 15 is 0 Å². The van der Waals surface area contributed by atoms with E-state index in [9.17, 15) is 4.79 Å². The Morgan fingerprint density at radius 3 is 2.35 bits per heavy atom. The number of hydrogen-bond donors (Lipinski definition) is 0. The molecule has 2 aromatic rings. The lowest BCUT2D eigenvalue weighted by Gasteiger charge is -2.23. The minimum Gasteiger partial charge on any atom is -0.497 e. The van der Waals surface area contributed by atoms with Crippen LogP contribution < -0.4 is 4.74 Å². The quantitative estimate of drug-likeness (QED) is 0.574. The second-order valence-corrected chi connectivity index (χ2v) is 5.61. The van der Waals surface area contributed by atoms with Crippen LogP contribution in [0.25, 0.3) is 0 Å². The van der Waals surface area contributed by atoms with Crippen molar-refractivity contribution < 1.29 is 9.53 Å². The van der Waals surface area contributed by atoms with Crippen molar-refractivity contribution in [3.05, 3.63) is 65.2 Å². The number of Topliss-reactive ketones (excluding diaryl/α,β-unsaturated/α-hetero) is 1. The molecule has 0 heterocycles. The van der Waals surface area contributed by atoms with Gasteiger partial charge < -0.3 is 4.74 Å². The summed E-state index contributed by atoms with van der Waals surface area (Å²) in [5, 5.41) is 0. The molecule has 0 saturated heterocycles. The van der Waals surface area contributed by atoms with Gasteiger partial charge in [-0.15, -0.1) is 6.42 Å². The average molecular weight is 306 g/mol. The van der Waals surface area contributed by atoms with Gasteiger partial charge in [-0.2, -0.15) is 0 Å². The third kappa shape index (κ3) is 3.63. The van der Waals surface area contributed by atoms with E-state index in [2.05, 4.69) is 5.92 Å². The molecule has 0 unspecified atom stereocenters. The molecule has 0 N–H and O–H groups in total. The first-order valence-electron chi connectivity index (χ1n) is 7.82. The molecule has 118 valence electrons. The molecule has 0 aliphatic carbocycles. The predicted molar refractivity (Wildman–Crippen MR) is 93.9 cm³/mol. The minimum atomic E-state index is -0.227. The van der Waals surface area contributed by atoms with Gasteiger partial charge in [-0.1, -0.05) is 37.1 Å². The smallest absolute Gasteiger partial charge is 0.167 e. The molecule has 0 aliphatic rings.